The number of thioether (sulfide) groups is 1. The topological polar surface area (TPSA) is 180 Å². The van der Waals surface area contributed by atoms with Gasteiger partial charge in [-0.15, -0.1) is 0 Å². The summed E-state index contributed by atoms with van der Waals surface area (Å²) in [6.07, 6.45) is 14.5. The Bertz CT molecular complexity index is 1090. The number of sulfone groups is 1. The molecular formula is C26H52N8O4S4. The van der Waals surface area contributed by atoms with Gasteiger partial charge in [0, 0.05) is 18.3 Å². The molecule has 244 valence electrons. The molecule has 42 heavy (non-hydrogen) atoms. The molecule has 0 bridgehead atoms. The molecule has 1 unspecified atom stereocenters. The summed E-state index contributed by atoms with van der Waals surface area (Å²) in [5.41, 5.74) is 11.2. The van der Waals surface area contributed by atoms with Crippen molar-refractivity contribution in [1.82, 2.24) is 19.9 Å². The molecule has 6 N–H and O–H groups in total. The molecule has 0 saturated carbocycles. The van der Waals surface area contributed by atoms with Gasteiger partial charge in [-0.05, 0) is 37.7 Å². The van der Waals surface area contributed by atoms with Gasteiger partial charge in [0.2, 0.25) is 11.9 Å². The molecule has 0 fully saturated rings. The standard InChI is InChI=1S/C13H24N4O3S.C13H24N4OS.2H2S/c1-4-5-6-10(7-8-21(3,18)19)16-12-11(20-2)9-15-13(14)17-12;1-4-5-6-10(7-8-19-3)16-12-11(18-2)9-15-13(14)17-12;;/h9-10H,4-8H2,1-3H3,(H3,14,15,16,17);9-10H,4-8H2,1-3H3,(H3,14,15,16,17);2*1H2/t;10-;;/m.0../s1. The lowest BCUT2D eigenvalue weighted by Gasteiger charge is -2.20. The van der Waals surface area contributed by atoms with E-state index in [4.69, 9.17) is 20.9 Å². The Balaban J connectivity index is 0. The first-order valence-electron chi connectivity index (χ1n) is 13.6. The number of hydrogen-bond acceptors (Lipinski definition) is 13. The van der Waals surface area contributed by atoms with Gasteiger partial charge in [0.1, 0.15) is 9.84 Å². The van der Waals surface area contributed by atoms with Gasteiger partial charge >= 0.3 is 0 Å². The maximum atomic E-state index is 11.3. The molecule has 12 nitrogen and oxygen atoms in total. The van der Waals surface area contributed by atoms with Crippen molar-refractivity contribution in [1.29, 1.82) is 0 Å². The summed E-state index contributed by atoms with van der Waals surface area (Å²) in [5, 5.41) is 6.67. The summed E-state index contributed by atoms with van der Waals surface area (Å²) >= 11 is 1.86. The van der Waals surface area contributed by atoms with E-state index < -0.39 is 9.84 Å². The van der Waals surface area contributed by atoms with E-state index in [1.165, 1.54) is 32.4 Å². The molecule has 2 atom stereocenters. The van der Waals surface area contributed by atoms with Gasteiger partial charge in [-0.2, -0.15) is 48.7 Å². The molecule has 0 aliphatic carbocycles. The number of nitrogens with two attached hydrogens (primary N) is 2. The Hall–Kier alpha value is -2.04. The lowest BCUT2D eigenvalue weighted by Crippen LogP contribution is -2.24. The second-order valence-corrected chi connectivity index (χ2v) is 12.7. The number of nitrogens with zero attached hydrogens (tertiary/aromatic N) is 4. The molecule has 0 radical (unpaired) electrons. The van der Waals surface area contributed by atoms with Crippen LogP contribution in [0, 0.1) is 0 Å². The third-order valence-corrected chi connectivity index (χ3v) is 7.61. The monoisotopic (exact) mass is 668 g/mol. The van der Waals surface area contributed by atoms with Crippen molar-refractivity contribution in [2.24, 2.45) is 0 Å². The van der Waals surface area contributed by atoms with Gasteiger partial charge in [-0.25, -0.2) is 18.4 Å². The van der Waals surface area contributed by atoms with Crippen molar-refractivity contribution in [3.63, 3.8) is 0 Å². The minimum absolute atomic E-state index is 0. The number of aromatic nitrogens is 4. The van der Waals surface area contributed by atoms with Crippen molar-refractivity contribution in [3.8, 4) is 11.5 Å². The number of unbranched alkanes of at least 4 members (excludes halogenated alkanes) is 2. The molecule has 2 aromatic heterocycles. The first-order valence-corrected chi connectivity index (χ1v) is 17.0. The highest BCUT2D eigenvalue weighted by Gasteiger charge is 2.16. The van der Waals surface area contributed by atoms with Crippen LogP contribution < -0.4 is 31.6 Å². The van der Waals surface area contributed by atoms with E-state index >= 15 is 0 Å². The summed E-state index contributed by atoms with van der Waals surface area (Å²) in [7, 11) is 0.150. The highest BCUT2D eigenvalue weighted by atomic mass is 32.2. The van der Waals surface area contributed by atoms with Crippen LogP contribution in [0.4, 0.5) is 23.5 Å². The number of ether oxygens (including phenoxy) is 2. The van der Waals surface area contributed by atoms with Gasteiger partial charge in [-0.3, -0.25) is 0 Å². The molecule has 0 aliphatic heterocycles. The number of hydrogen-bond donors (Lipinski definition) is 4. The highest BCUT2D eigenvalue weighted by Crippen LogP contribution is 2.25. The second-order valence-electron chi connectivity index (χ2n) is 9.46. The van der Waals surface area contributed by atoms with Gasteiger partial charge in [0.05, 0.1) is 32.4 Å². The van der Waals surface area contributed by atoms with E-state index in [1.54, 1.807) is 13.3 Å². The van der Waals surface area contributed by atoms with E-state index in [2.05, 4.69) is 50.7 Å². The van der Waals surface area contributed by atoms with Crippen molar-refractivity contribution in [3.05, 3.63) is 12.4 Å². The van der Waals surface area contributed by atoms with Crippen LogP contribution in [0.2, 0.25) is 0 Å². The first-order chi connectivity index (χ1) is 19.1. The Morgan fingerprint density at radius 1 is 0.833 bits per heavy atom. The second kappa shape index (κ2) is 23.4. The van der Waals surface area contributed by atoms with Crippen LogP contribution >= 0.6 is 38.8 Å². The smallest absolute Gasteiger partial charge is 0.222 e. The van der Waals surface area contributed by atoms with Crippen LogP contribution in [0.3, 0.4) is 0 Å². The van der Waals surface area contributed by atoms with E-state index in [0.717, 1.165) is 37.9 Å². The fourth-order valence-corrected chi connectivity index (χ4v) is 4.99. The van der Waals surface area contributed by atoms with E-state index in [9.17, 15) is 8.42 Å². The summed E-state index contributed by atoms with van der Waals surface area (Å²) < 4.78 is 33.1. The minimum atomic E-state index is -2.99. The first kappa shape index (κ1) is 42.1. The molecule has 2 aromatic rings. The molecular weight excluding hydrogens is 617 g/mol. The van der Waals surface area contributed by atoms with Crippen LogP contribution in [-0.4, -0.2) is 78.7 Å². The molecule has 0 amide bonds. The SMILES string of the molecule is CCCCC(CCS(C)(=O)=O)Nc1nc(N)ncc1OC.CCCC[C@@H](CCSC)Nc1nc(N)ncc1OC.S.S. The molecule has 0 aromatic carbocycles. The molecule has 0 saturated heterocycles. The van der Waals surface area contributed by atoms with E-state index in [-0.39, 0.29) is 50.7 Å². The fraction of sp³-hybridized carbons (Fsp3) is 0.692. The van der Waals surface area contributed by atoms with Crippen molar-refractivity contribution < 1.29 is 17.9 Å². The van der Waals surface area contributed by atoms with Crippen LogP contribution in [-0.2, 0) is 9.84 Å². The number of methoxy groups -OCH3 is 2. The maximum Gasteiger partial charge on any atom is 0.222 e. The molecule has 0 aliphatic rings. The number of anilines is 4. The van der Waals surface area contributed by atoms with Gasteiger partial charge < -0.3 is 31.6 Å². The average molecular weight is 669 g/mol. The number of rotatable bonds is 18. The summed E-state index contributed by atoms with van der Waals surface area (Å²) in [5.74, 6) is 4.00. The Kier molecular flexibility index (Phi) is 23.5. The third kappa shape index (κ3) is 17.8. The zero-order valence-electron chi connectivity index (χ0n) is 25.8. The Morgan fingerprint density at radius 3 is 1.62 bits per heavy atom. The zero-order chi connectivity index (χ0) is 30.0. The van der Waals surface area contributed by atoms with Crippen LogP contribution in [0.1, 0.15) is 65.2 Å². The Morgan fingerprint density at radius 2 is 1.26 bits per heavy atom. The lowest BCUT2D eigenvalue weighted by molar-refractivity contribution is 0.411. The van der Waals surface area contributed by atoms with Crippen molar-refractivity contribution in [2.45, 2.75) is 77.3 Å². The molecule has 2 rings (SSSR count). The zero-order valence-corrected chi connectivity index (χ0v) is 29.4. The Labute approximate surface area is 270 Å². The number of nitrogens with one attached hydrogen (secondary N) is 2. The van der Waals surface area contributed by atoms with Crippen LogP contribution in [0.25, 0.3) is 0 Å². The molecule has 16 heteroatoms. The fourth-order valence-electron chi connectivity index (χ4n) is 3.76. The summed E-state index contributed by atoms with van der Waals surface area (Å²) in [4.78, 5) is 16.2. The maximum absolute atomic E-state index is 11.3. The van der Waals surface area contributed by atoms with Crippen molar-refractivity contribution in [2.75, 3.05) is 60.3 Å². The normalized spacial score (nSPS) is 12.0. The van der Waals surface area contributed by atoms with Crippen molar-refractivity contribution >= 4 is 72.1 Å². The minimum Gasteiger partial charge on any atom is -0.491 e. The largest absolute Gasteiger partial charge is 0.491 e. The third-order valence-electron chi connectivity index (χ3n) is 5.99. The van der Waals surface area contributed by atoms with Crippen LogP contribution in [0.5, 0.6) is 11.5 Å². The molecule has 2 heterocycles. The predicted octanol–water partition coefficient (Wildman–Crippen LogP) is 4.49. The van der Waals surface area contributed by atoms with Gasteiger partial charge in [0.25, 0.3) is 0 Å². The quantitative estimate of drug-likeness (QED) is 0.175. The van der Waals surface area contributed by atoms with E-state index in [0.29, 0.717) is 35.6 Å². The summed E-state index contributed by atoms with van der Waals surface area (Å²) in [6.45, 7) is 4.30. The van der Waals surface area contributed by atoms with Crippen LogP contribution in [0.15, 0.2) is 12.4 Å². The van der Waals surface area contributed by atoms with Gasteiger partial charge in [0.15, 0.2) is 23.1 Å². The lowest BCUT2D eigenvalue weighted by atomic mass is 10.1. The van der Waals surface area contributed by atoms with Gasteiger partial charge in [-0.1, -0.05) is 39.5 Å². The predicted molar refractivity (Wildman–Crippen MR) is 188 cm³/mol. The molecule has 0 spiro atoms. The summed E-state index contributed by atoms with van der Waals surface area (Å²) in [6, 6.07) is 0.401. The highest BCUT2D eigenvalue weighted by molar-refractivity contribution is 7.98. The number of nitrogen functional groups attached to an aromatic ring is 2. The van der Waals surface area contributed by atoms with E-state index in [1.807, 2.05) is 11.8 Å². The average Bonchev–Trinajstić information content (AvgIpc) is 2.91.